The van der Waals surface area contributed by atoms with Crippen molar-refractivity contribution >= 4 is 0 Å². The molecule has 0 aromatic rings. The Labute approximate surface area is 95.0 Å². The molecular weight excluding hydrogens is 208 g/mol. The van der Waals surface area contributed by atoms with Gasteiger partial charge in [0.05, 0.1) is 0 Å². The highest BCUT2D eigenvalue weighted by Gasteiger charge is 2.52. The molecule has 0 aromatic heterocycles. The highest BCUT2D eigenvalue weighted by atomic mass is 17.4. The van der Waals surface area contributed by atoms with Crippen LogP contribution in [0.1, 0.15) is 32.1 Å². The van der Waals surface area contributed by atoms with E-state index in [1.165, 1.54) is 32.1 Å². The van der Waals surface area contributed by atoms with Crippen molar-refractivity contribution in [2.24, 2.45) is 29.6 Å². The Kier molecular flexibility index (Phi) is 2.25. The van der Waals surface area contributed by atoms with E-state index < -0.39 is 0 Å². The van der Waals surface area contributed by atoms with Crippen LogP contribution in [0.4, 0.5) is 0 Å². The van der Waals surface area contributed by atoms with Gasteiger partial charge in [0, 0.05) is 5.92 Å². The summed E-state index contributed by atoms with van der Waals surface area (Å²) in [7, 11) is 0. The van der Waals surface area contributed by atoms with Crippen molar-refractivity contribution in [1.29, 1.82) is 0 Å². The molecule has 4 nitrogen and oxygen atoms in total. The fourth-order valence-electron chi connectivity index (χ4n) is 4.77. The van der Waals surface area contributed by atoms with Crippen molar-refractivity contribution in [3.05, 3.63) is 0 Å². The predicted molar refractivity (Wildman–Crippen MR) is 53.5 cm³/mol. The lowest BCUT2D eigenvalue weighted by atomic mass is 9.52. The summed E-state index contributed by atoms with van der Waals surface area (Å²) in [6, 6.07) is 0. The van der Waals surface area contributed by atoms with E-state index in [1.807, 2.05) is 0 Å². The van der Waals surface area contributed by atoms with E-state index in [4.69, 9.17) is 19.6 Å². The van der Waals surface area contributed by atoms with Gasteiger partial charge in [0.1, 0.15) is 0 Å². The van der Waals surface area contributed by atoms with Crippen LogP contribution in [0.5, 0.6) is 0 Å². The average molecular weight is 226 g/mol. The SMILES string of the molecule is C1OOC(C2C3CC4CC(C3)CC2C4)OO1. The van der Waals surface area contributed by atoms with Gasteiger partial charge in [-0.2, -0.15) is 9.78 Å². The first-order valence-corrected chi connectivity index (χ1v) is 6.46. The zero-order chi connectivity index (χ0) is 10.5. The van der Waals surface area contributed by atoms with Crippen LogP contribution in [-0.4, -0.2) is 13.1 Å². The van der Waals surface area contributed by atoms with Crippen molar-refractivity contribution in [3.8, 4) is 0 Å². The van der Waals surface area contributed by atoms with Crippen LogP contribution in [0, 0.1) is 29.6 Å². The van der Waals surface area contributed by atoms with Gasteiger partial charge in [-0.3, -0.25) is 0 Å². The maximum Gasteiger partial charge on any atom is 0.227 e. The molecule has 5 rings (SSSR count). The molecule has 5 aliphatic rings. The molecule has 5 fully saturated rings. The quantitative estimate of drug-likeness (QED) is 0.643. The largest absolute Gasteiger partial charge is 0.227 e. The molecule has 1 aliphatic heterocycles. The lowest BCUT2D eigenvalue weighted by Crippen LogP contribution is -2.51. The summed E-state index contributed by atoms with van der Waals surface area (Å²) in [5, 5.41) is 0. The smallest absolute Gasteiger partial charge is 0.202 e. The minimum Gasteiger partial charge on any atom is -0.202 e. The first-order chi connectivity index (χ1) is 7.90. The first-order valence-electron chi connectivity index (χ1n) is 6.46. The summed E-state index contributed by atoms with van der Waals surface area (Å²) >= 11 is 0. The molecule has 0 unspecified atom stereocenters. The highest BCUT2D eigenvalue weighted by Crippen LogP contribution is 2.57. The van der Waals surface area contributed by atoms with Gasteiger partial charge in [0.25, 0.3) is 0 Å². The topological polar surface area (TPSA) is 36.9 Å². The van der Waals surface area contributed by atoms with Crippen LogP contribution < -0.4 is 0 Å². The van der Waals surface area contributed by atoms with E-state index in [-0.39, 0.29) is 13.1 Å². The van der Waals surface area contributed by atoms with Crippen LogP contribution in [0.2, 0.25) is 0 Å². The second-order valence-corrected chi connectivity index (χ2v) is 5.92. The molecule has 1 saturated heterocycles. The van der Waals surface area contributed by atoms with Gasteiger partial charge in [0.15, 0.2) is 0 Å². The van der Waals surface area contributed by atoms with E-state index >= 15 is 0 Å². The summed E-state index contributed by atoms with van der Waals surface area (Å²) in [6.45, 7) is 0.0871. The fraction of sp³-hybridized carbons (Fsp3) is 1.00. The maximum atomic E-state index is 5.26. The van der Waals surface area contributed by atoms with Gasteiger partial charge in [-0.25, -0.2) is 9.78 Å². The van der Waals surface area contributed by atoms with Crippen LogP contribution in [-0.2, 0) is 19.6 Å². The van der Waals surface area contributed by atoms with Gasteiger partial charge < -0.3 is 0 Å². The first kappa shape index (κ1) is 9.83. The van der Waals surface area contributed by atoms with E-state index in [2.05, 4.69) is 0 Å². The van der Waals surface area contributed by atoms with Crippen molar-refractivity contribution in [3.63, 3.8) is 0 Å². The average Bonchev–Trinajstić information content (AvgIpc) is 2.29. The van der Waals surface area contributed by atoms with Crippen LogP contribution in [0.25, 0.3) is 0 Å². The molecule has 0 amide bonds. The number of rotatable bonds is 1. The zero-order valence-electron chi connectivity index (χ0n) is 9.34. The highest BCUT2D eigenvalue weighted by molar-refractivity contribution is 4.98. The molecule has 0 aromatic carbocycles. The number of hydrogen-bond acceptors (Lipinski definition) is 4. The third-order valence-electron chi connectivity index (χ3n) is 5.04. The van der Waals surface area contributed by atoms with Gasteiger partial charge in [0.2, 0.25) is 13.1 Å². The molecule has 4 heteroatoms. The Bertz CT molecular complexity index is 243. The lowest BCUT2D eigenvalue weighted by molar-refractivity contribution is -0.571. The maximum absolute atomic E-state index is 5.26. The van der Waals surface area contributed by atoms with Crippen molar-refractivity contribution in [2.75, 3.05) is 6.79 Å². The van der Waals surface area contributed by atoms with Crippen molar-refractivity contribution < 1.29 is 19.6 Å². The van der Waals surface area contributed by atoms with Gasteiger partial charge in [-0.15, -0.1) is 0 Å². The third-order valence-corrected chi connectivity index (χ3v) is 5.04. The van der Waals surface area contributed by atoms with E-state index in [1.54, 1.807) is 0 Å². The lowest BCUT2D eigenvalue weighted by Gasteiger charge is -2.55. The minimum atomic E-state index is -0.288. The Balaban J connectivity index is 1.55. The van der Waals surface area contributed by atoms with Gasteiger partial charge in [-0.1, -0.05) is 0 Å². The Morgan fingerprint density at radius 1 is 0.688 bits per heavy atom. The zero-order valence-corrected chi connectivity index (χ0v) is 9.34. The summed E-state index contributed by atoms with van der Waals surface area (Å²) in [6.07, 6.45) is 6.63. The second kappa shape index (κ2) is 3.67. The molecule has 0 radical (unpaired) electrons. The molecule has 90 valence electrons. The Hall–Kier alpha value is -0.160. The molecule has 1 heterocycles. The van der Waals surface area contributed by atoms with E-state index in [0.717, 1.165) is 23.7 Å². The Morgan fingerprint density at radius 3 is 1.81 bits per heavy atom. The van der Waals surface area contributed by atoms with E-state index in [9.17, 15) is 0 Å². The minimum absolute atomic E-state index is 0.0871. The van der Waals surface area contributed by atoms with Crippen LogP contribution >= 0.6 is 0 Å². The summed E-state index contributed by atoms with van der Waals surface area (Å²) in [5.74, 6) is 3.99. The normalized spacial score (nSPS) is 52.1. The van der Waals surface area contributed by atoms with Crippen molar-refractivity contribution in [1.82, 2.24) is 0 Å². The second-order valence-electron chi connectivity index (χ2n) is 5.92. The van der Waals surface area contributed by atoms with E-state index in [0.29, 0.717) is 5.92 Å². The molecule has 4 aliphatic carbocycles. The molecule has 16 heavy (non-hydrogen) atoms. The van der Waals surface area contributed by atoms with Gasteiger partial charge >= 0.3 is 0 Å². The molecule has 4 bridgehead atoms. The summed E-state index contributed by atoms with van der Waals surface area (Å²) in [4.78, 5) is 20.3. The predicted octanol–water partition coefficient (Wildman–Crippen LogP) is 2.25. The molecule has 0 N–H and O–H groups in total. The standard InChI is InChI=1S/C12H18O4/c1-7-2-9-4-8(1)5-10(3-7)11(9)12-15-13-6-14-16-12/h7-12H,1-6H2. The Morgan fingerprint density at radius 2 is 1.25 bits per heavy atom. The summed E-state index contributed by atoms with van der Waals surface area (Å²) in [5.41, 5.74) is 0. The molecular formula is C12H18O4. The molecule has 4 saturated carbocycles. The summed E-state index contributed by atoms with van der Waals surface area (Å²) < 4.78 is 0. The number of hydrogen-bond donors (Lipinski definition) is 0. The molecule has 0 spiro atoms. The van der Waals surface area contributed by atoms with Crippen molar-refractivity contribution in [2.45, 2.75) is 38.4 Å². The van der Waals surface area contributed by atoms with Crippen LogP contribution in [0.15, 0.2) is 0 Å². The fourth-order valence-corrected chi connectivity index (χ4v) is 4.77. The third kappa shape index (κ3) is 1.44. The van der Waals surface area contributed by atoms with Crippen LogP contribution in [0.3, 0.4) is 0 Å². The molecule has 0 atom stereocenters. The monoisotopic (exact) mass is 226 g/mol. The van der Waals surface area contributed by atoms with Gasteiger partial charge in [-0.05, 0) is 55.8 Å².